The van der Waals surface area contributed by atoms with Crippen molar-refractivity contribution in [2.24, 2.45) is 0 Å². The molecule has 0 aromatic rings. The van der Waals surface area contributed by atoms with E-state index < -0.39 is 0 Å². The van der Waals surface area contributed by atoms with Crippen LogP contribution in [0.4, 0.5) is 0 Å². The Labute approximate surface area is 160 Å². The van der Waals surface area contributed by atoms with Crippen molar-refractivity contribution < 1.29 is 19.4 Å². The van der Waals surface area contributed by atoms with Gasteiger partial charge in [0, 0.05) is 6.42 Å². The third-order valence-electron chi connectivity index (χ3n) is 3.75. The van der Waals surface area contributed by atoms with Gasteiger partial charge in [0.15, 0.2) is 0 Å². The van der Waals surface area contributed by atoms with Crippen LogP contribution in [0.3, 0.4) is 0 Å². The number of ether oxygens (including phenoxy) is 2. The van der Waals surface area contributed by atoms with Gasteiger partial charge in [-0.25, -0.2) is 0 Å². The van der Waals surface area contributed by atoms with Crippen molar-refractivity contribution in [3.8, 4) is 0 Å². The zero-order chi connectivity index (χ0) is 19.1. The maximum absolute atomic E-state index is 11.4. The SMILES string of the molecule is CCCCC/C=C\C/C=C\C/C=C\CCCCC(=O)OCCOCCO. The first-order valence-electron chi connectivity index (χ1n) is 10.1. The van der Waals surface area contributed by atoms with Gasteiger partial charge in [-0.15, -0.1) is 0 Å². The number of hydrogen-bond donors (Lipinski definition) is 1. The van der Waals surface area contributed by atoms with E-state index in [2.05, 4.69) is 43.4 Å². The molecule has 0 bridgehead atoms. The predicted molar refractivity (Wildman–Crippen MR) is 108 cm³/mol. The van der Waals surface area contributed by atoms with Crippen LogP contribution in [0.15, 0.2) is 36.5 Å². The summed E-state index contributed by atoms with van der Waals surface area (Å²) < 4.78 is 10.0. The lowest BCUT2D eigenvalue weighted by atomic mass is 10.1. The summed E-state index contributed by atoms with van der Waals surface area (Å²) in [7, 11) is 0. The molecule has 0 radical (unpaired) electrons. The van der Waals surface area contributed by atoms with Crippen LogP contribution in [0.2, 0.25) is 0 Å². The quantitative estimate of drug-likeness (QED) is 0.208. The second-order valence-corrected chi connectivity index (χ2v) is 6.18. The molecule has 0 aliphatic rings. The van der Waals surface area contributed by atoms with Gasteiger partial charge in [-0.05, 0) is 44.9 Å². The zero-order valence-corrected chi connectivity index (χ0v) is 16.5. The molecule has 4 heteroatoms. The number of esters is 1. The van der Waals surface area contributed by atoms with Gasteiger partial charge in [-0.2, -0.15) is 0 Å². The average Bonchev–Trinajstić information content (AvgIpc) is 2.64. The van der Waals surface area contributed by atoms with Crippen LogP contribution in [-0.2, 0) is 14.3 Å². The fourth-order valence-electron chi connectivity index (χ4n) is 2.27. The standard InChI is InChI=1S/C22H38O4/c1-2-3-4-5-6-7-8-9-10-11-12-13-14-15-16-17-22(24)26-21-20-25-19-18-23/h6-7,9-10,12-13,23H,2-5,8,11,14-21H2,1H3/b7-6-,10-9-,13-12-. The molecule has 0 amide bonds. The van der Waals surface area contributed by atoms with Crippen LogP contribution < -0.4 is 0 Å². The monoisotopic (exact) mass is 366 g/mol. The predicted octanol–water partition coefficient (Wildman–Crippen LogP) is 5.13. The van der Waals surface area contributed by atoms with Crippen LogP contribution in [-0.4, -0.2) is 37.5 Å². The summed E-state index contributed by atoms with van der Waals surface area (Å²) in [6, 6.07) is 0. The van der Waals surface area contributed by atoms with Crippen LogP contribution in [0.1, 0.15) is 71.1 Å². The van der Waals surface area contributed by atoms with Crippen molar-refractivity contribution in [2.75, 3.05) is 26.4 Å². The van der Waals surface area contributed by atoms with E-state index in [0.717, 1.165) is 32.1 Å². The van der Waals surface area contributed by atoms with E-state index in [1.54, 1.807) is 0 Å². The number of carbonyl (C=O) groups excluding carboxylic acids is 1. The van der Waals surface area contributed by atoms with Gasteiger partial charge in [0.1, 0.15) is 6.61 Å². The van der Waals surface area contributed by atoms with Crippen molar-refractivity contribution in [1.82, 2.24) is 0 Å². The molecule has 0 fully saturated rings. The Hall–Kier alpha value is -1.39. The van der Waals surface area contributed by atoms with Gasteiger partial charge in [-0.3, -0.25) is 4.79 Å². The fourth-order valence-corrected chi connectivity index (χ4v) is 2.27. The molecule has 0 aromatic carbocycles. The highest BCUT2D eigenvalue weighted by atomic mass is 16.6. The van der Waals surface area contributed by atoms with E-state index in [-0.39, 0.29) is 25.8 Å². The lowest BCUT2D eigenvalue weighted by Crippen LogP contribution is -2.11. The third-order valence-corrected chi connectivity index (χ3v) is 3.75. The Morgan fingerprint density at radius 2 is 1.42 bits per heavy atom. The second kappa shape index (κ2) is 21.7. The number of aliphatic hydroxyl groups excluding tert-OH is 1. The van der Waals surface area contributed by atoms with Crippen molar-refractivity contribution >= 4 is 5.97 Å². The van der Waals surface area contributed by atoms with E-state index in [0.29, 0.717) is 13.0 Å². The number of hydrogen-bond acceptors (Lipinski definition) is 4. The normalized spacial score (nSPS) is 11.9. The first-order valence-corrected chi connectivity index (χ1v) is 10.1. The summed E-state index contributed by atoms with van der Waals surface area (Å²) in [6.07, 6.45) is 23.7. The number of unbranched alkanes of at least 4 members (excludes halogenated alkanes) is 5. The minimum absolute atomic E-state index is 0.00652. The molecule has 4 nitrogen and oxygen atoms in total. The van der Waals surface area contributed by atoms with Gasteiger partial charge in [-0.1, -0.05) is 56.2 Å². The van der Waals surface area contributed by atoms with Gasteiger partial charge < -0.3 is 14.6 Å². The molecular formula is C22H38O4. The minimum Gasteiger partial charge on any atom is -0.463 e. The molecule has 0 spiro atoms. The van der Waals surface area contributed by atoms with Crippen molar-refractivity contribution in [2.45, 2.75) is 71.1 Å². The van der Waals surface area contributed by atoms with Gasteiger partial charge in [0.2, 0.25) is 0 Å². The molecule has 0 aromatic heterocycles. The smallest absolute Gasteiger partial charge is 0.305 e. The zero-order valence-electron chi connectivity index (χ0n) is 16.5. The van der Waals surface area contributed by atoms with Crippen LogP contribution in [0.25, 0.3) is 0 Å². The maximum atomic E-state index is 11.4. The van der Waals surface area contributed by atoms with Crippen LogP contribution in [0.5, 0.6) is 0 Å². The van der Waals surface area contributed by atoms with Crippen LogP contribution in [0, 0.1) is 0 Å². The Morgan fingerprint density at radius 1 is 0.808 bits per heavy atom. The lowest BCUT2D eigenvalue weighted by molar-refractivity contribution is -0.145. The molecule has 150 valence electrons. The molecule has 0 atom stereocenters. The number of carbonyl (C=O) groups is 1. The largest absolute Gasteiger partial charge is 0.463 e. The average molecular weight is 367 g/mol. The third kappa shape index (κ3) is 20.7. The molecule has 0 saturated carbocycles. The van der Waals surface area contributed by atoms with Crippen molar-refractivity contribution in [3.63, 3.8) is 0 Å². The Balaban J connectivity index is 3.37. The Morgan fingerprint density at radius 3 is 2.04 bits per heavy atom. The van der Waals surface area contributed by atoms with E-state index in [4.69, 9.17) is 14.6 Å². The summed E-state index contributed by atoms with van der Waals surface area (Å²) >= 11 is 0. The van der Waals surface area contributed by atoms with Crippen LogP contribution >= 0.6 is 0 Å². The maximum Gasteiger partial charge on any atom is 0.305 e. The fraction of sp³-hybridized carbons (Fsp3) is 0.682. The summed E-state index contributed by atoms with van der Waals surface area (Å²) in [5.41, 5.74) is 0. The summed E-state index contributed by atoms with van der Waals surface area (Å²) in [5.74, 6) is -0.174. The molecule has 0 aliphatic heterocycles. The molecular weight excluding hydrogens is 328 g/mol. The Bertz CT molecular complexity index is 386. The lowest BCUT2D eigenvalue weighted by Gasteiger charge is -2.04. The van der Waals surface area contributed by atoms with Crippen molar-refractivity contribution in [1.29, 1.82) is 0 Å². The van der Waals surface area contributed by atoms with E-state index in [1.165, 1.54) is 25.7 Å². The number of aliphatic hydroxyl groups is 1. The van der Waals surface area contributed by atoms with Gasteiger partial charge in [0.05, 0.1) is 19.8 Å². The molecule has 0 saturated heterocycles. The van der Waals surface area contributed by atoms with E-state index in [9.17, 15) is 4.79 Å². The van der Waals surface area contributed by atoms with Gasteiger partial charge in [0.25, 0.3) is 0 Å². The Kier molecular flexibility index (Phi) is 20.5. The second-order valence-electron chi connectivity index (χ2n) is 6.18. The van der Waals surface area contributed by atoms with Crippen molar-refractivity contribution in [3.05, 3.63) is 36.5 Å². The first-order chi connectivity index (χ1) is 12.8. The minimum atomic E-state index is -0.174. The molecule has 0 rings (SSSR count). The summed E-state index contributed by atoms with van der Waals surface area (Å²) in [5, 5.41) is 8.53. The topological polar surface area (TPSA) is 55.8 Å². The molecule has 0 heterocycles. The molecule has 0 unspecified atom stereocenters. The van der Waals surface area contributed by atoms with Gasteiger partial charge >= 0.3 is 5.97 Å². The first kappa shape index (κ1) is 24.6. The molecule has 26 heavy (non-hydrogen) atoms. The number of rotatable bonds is 18. The summed E-state index contributed by atoms with van der Waals surface area (Å²) in [4.78, 5) is 11.4. The highest BCUT2D eigenvalue weighted by molar-refractivity contribution is 5.69. The van der Waals surface area contributed by atoms with E-state index >= 15 is 0 Å². The highest BCUT2D eigenvalue weighted by Gasteiger charge is 2.01. The highest BCUT2D eigenvalue weighted by Crippen LogP contribution is 2.03. The summed E-state index contributed by atoms with van der Waals surface area (Å²) in [6.45, 7) is 3.12. The molecule has 0 aliphatic carbocycles. The van der Waals surface area contributed by atoms with E-state index in [1.807, 2.05) is 0 Å². The molecule has 1 N–H and O–H groups in total. The number of allylic oxidation sites excluding steroid dienone is 6.